The van der Waals surface area contributed by atoms with Crippen molar-refractivity contribution in [2.45, 2.75) is 4.90 Å². The van der Waals surface area contributed by atoms with E-state index in [4.69, 9.17) is 4.74 Å². The molecule has 62 valence electrons. The molecule has 1 N–H and O–H groups in total. The van der Waals surface area contributed by atoms with Gasteiger partial charge in [0.05, 0.1) is 7.11 Å². The van der Waals surface area contributed by atoms with Gasteiger partial charge in [0, 0.05) is 22.0 Å². The van der Waals surface area contributed by atoms with Crippen molar-refractivity contribution < 1.29 is 4.74 Å². The van der Waals surface area contributed by atoms with Crippen LogP contribution < -0.4 is 4.74 Å². The van der Waals surface area contributed by atoms with Crippen molar-refractivity contribution in [2.24, 2.45) is 0 Å². The van der Waals surface area contributed by atoms with E-state index in [-0.39, 0.29) is 0 Å². The lowest BCUT2D eigenvalue weighted by atomic mass is 10.2. The van der Waals surface area contributed by atoms with Crippen molar-refractivity contribution in [1.29, 1.82) is 0 Å². The molecule has 2 nitrogen and oxygen atoms in total. The lowest BCUT2D eigenvalue weighted by Gasteiger charge is -1.98. The van der Waals surface area contributed by atoms with Crippen molar-refractivity contribution in [2.75, 3.05) is 7.11 Å². The Morgan fingerprint density at radius 2 is 2.25 bits per heavy atom. The Morgan fingerprint density at radius 1 is 1.42 bits per heavy atom. The summed E-state index contributed by atoms with van der Waals surface area (Å²) in [5.41, 5.74) is 1.08. The first-order valence-corrected chi connectivity index (χ1v) is 4.10. The summed E-state index contributed by atoms with van der Waals surface area (Å²) in [5.74, 6) is 0.859. The van der Waals surface area contributed by atoms with Crippen molar-refractivity contribution >= 4 is 23.5 Å². The maximum atomic E-state index is 5.10. The standard InChI is InChI=1S/C9H9NOS/c1-11-6-2-3-8-7(4-6)9(12)5-10-8/h2-5,10,12H,1H3. The van der Waals surface area contributed by atoms with Crippen LogP contribution in [0, 0.1) is 0 Å². The molecule has 2 rings (SSSR count). The molecule has 0 fully saturated rings. The van der Waals surface area contributed by atoms with Crippen LogP contribution in [0.1, 0.15) is 0 Å². The number of methoxy groups -OCH3 is 1. The highest BCUT2D eigenvalue weighted by Crippen LogP contribution is 2.25. The van der Waals surface area contributed by atoms with Gasteiger partial charge in [-0.2, -0.15) is 0 Å². The lowest BCUT2D eigenvalue weighted by molar-refractivity contribution is 0.415. The third kappa shape index (κ3) is 1.06. The molecule has 0 spiro atoms. The first-order valence-electron chi connectivity index (χ1n) is 3.65. The van der Waals surface area contributed by atoms with Crippen LogP contribution in [-0.2, 0) is 0 Å². The monoisotopic (exact) mass is 179 g/mol. The van der Waals surface area contributed by atoms with Gasteiger partial charge in [0.15, 0.2) is 0 Å². The minimum Gasteiger partial charge on any atom is -0.497 e. The van der Waals surface area contributed by atoms with Gasteiger partial charge in [-0.05, 0) is 18.2 Å². The van der Waals surface area contributed by atoms with E-state index in [2.05, 4.69) is 17.6 Å². The zero-order valence-corrected chi connectivity index (χ0v) is 7.56. The first-order chi connectivity index (χ1) is 5.81. The third-order valence-corrected chi connectivity index (χ3v) is 2.24. The van der Waals surface area contributed by atoms with Crippen molar-refractivity contribution in [1.82, 2.24) is 4.98 Å². The number of rotatable bonds is 1. The van der Waals surface area contributed by atoms with Crippen LogP contribution in [0.4, 0.5) is 0 Å². The predicted octanol–water partition coefficient (Wildman–Crippen LogP) is 2.47. The Labute approximate surface area is 76.0 Å². The molecule has 0 atom stereocenters. The van der Waals surface area contributed by atoms with Gasteiger partial charge in [-0.15, -0.1) is 12.6 Å². The molecule has 1 aromatic heterocycles. The predicted molar refractivity (Wildman–Crippen MR) is 52.1 cm³/mol. The fraction of sp³-hybridized carbons (Fsp3) is 0.111. The average Bonchev–Trinajstić information content (AvgIpc) is 2.47. The summed E-state index contributed by atoms with van der Waals surface area (Å²) in [6.45, 7) is 0. The highest BCUT2D eigenvalue weighted by molar-refractivity contribution is 7.80. The van der Waals surface area contributed by atoms with E-state index in [9.17, 15) is 0 Å². The van der Waals surface area contributed by atoms with Gasteiger partial charge in [-0.25, -0.2) is 0 Å². The summed E-state index contributed by atoms with van der Waals surface area (Å²) in [7, 11) is 1.66. The van der Waals surface area contributed by atoms with Crippen molar-refractivity contribution in [3.8, 4) is 5.75 Å². The summed E-state index contributed by atoms with van der Waals surface area (Å²) in [6, 6.07) is 5.87. The van der Waals surface area contributed by atoms with Crippen LogP contribution in [0.5, 0.6) is 5.75 Å². The van der Waals surface area contributed by atoms with E-state index in [1.54, 1.807) is 7.11 Å². The fourth-order valence-corrected chi connectivity index (χ4v) is 1.46. The number of aromatic nitrogens is 1. The Hall–Kier alpha value is -1.09. The van der Waals surface area contributed by atoms with Gasteiger partial charge < -0.3 is 9.72 Å². The van der Waals surface area contributed by atoms with Crippen molar-refractivity contribution in [3.63, 3.8) is 0 Å². The molecule has 12 heavy (non-hydrogen) atoms. The molecule has 0 saturated carbocycles. The fourth-order valence-electron chi connectivity index (χ4n) is 1.21. The van der Waals surface area contributed by atoms with E-state index in [1.165, 1.54) is 0 Å². The second kappa shape index (κ2) is 2.75. The molecule has 0 radical (unpaired) electrons. The Bertz CT molecular complexity index is 408. The van der Waals surface area contributed by atoms with E-state index < -0.39 is 0 Å². The van der Waals surface area contributed by atoms with Gasteiger partial charge in [-0.1, -0.05) is 0 Å². The summed E-state index contributed by atoms with van der Waals surface area (Å²) in [4.78, 5) is 4.06. The minimum atomic E-state index is 0.859. The van der Waals surface area contributed by atoms with Gasteiger partial charge >= 0.3 is 0 Å². The topological polar surface area (TPSA) is 25.0 Å². The van der Waals surface area contributed by atoms with Crippen LogP contribution in [-0.4, -0.2) is 12.1 Å². The second-order valence-corrected chi connectivity index (χ2v) is 3.07. The molecule has 0 bridgehead atoms. The number of thiol groups is 1. The summed E-state index contributed by atoms with van der Waals surface area (Å²) in [5, 5.41) is 1.10. The number of fused-ring (bicyclic) bond motifs is 1. The molecule has 1 heterocycles. The molecular formula is C9H9NOS. The average molecular weight is 179 g/mol. The number of aromatic amines is 1. The normalized spacial score (nSPS) is 10.5. The number of H-pyrrole nitrogens is 1. The highest BCUT2D eigenvalue weighted by atomic mass is 32.1. The molecule has 0 aliphatic carbocycles. The van der Waals surface area contributed by atoms with Gasteiger partial charge in [0.2, 0.25) is 0 Å². The zero-order valence-electron chi connectivity index (χ0n) is 6.66. The van der Waals surface area contributed by atoms with E-state index in [1.807, 2.05) is 24.4 Å². The minimum absolute atomic E-state index is 0.859. The summed E-state index contributed by atoms with van der Waals surface area (Å²) >= 11 is 4.30. The summed E-state index contributed by atoms with van der Waals surface area (Å²) in [6.07, 6.45) is 1.87. The Kier molecular flexibility index (Phi) is 1.73. The number of hydrogen-bond donors (Lipinski definition) is 2. The number of nitrogens with one attached hydrogen (secondary N) is 1. The number of benzene rings is 1. The summed E-state index contributed by atoms with van der Waals surface area (Å²) < 4.78 is 5.10. The van der Waals surface area contributed by atoms with Crippen LogP contribution in [0.25, 0.3) is 10.9 Å². The Morgan fingerprint density at radius 3 is 3.00 bits per heavy atom. The van der Waals surface area contributed by atoms with E-state index in [0.717, 1.165) is 21.5 Å². The maximum absolute atomic E-state index is 5.10. The molecule has 0 unspecified atom stereocenters. The van der Waals surface area contributed by atoms with Gasteiger partial charge in [0.25, 0.3) is 0 Å². The van der Waals surface area contributed by atoms with Gasteiger partial charge in [0.1, 0.15) is 5.75 Å². The molecule has 0 aliphatic rings. The molecule has 0 amide bonds. The molecule has 1 aromatic carbocycles. The number of hydrogen-bond acceptors (Lipinski definition) is 2. The molecule has 0 saturated heterocycles. The van der Waals surface area contributed by atoms with Crippen LogP contribution >= 0.6 is 12.6 Å². The largest absolute Gasteiger partial charge is 0.497 e. The number of ether oxygens (including phenoxy) is 1. The second-order valence-electron chi connectivity index (χ2n) is 2.59. The molecule has 3 heteroatoms. The smallest absolute Gasteiger partial charge is 0.119 e. The third-order valence-electron chi connectivity index (χ3n) is 1.87. The SMILES string of the molecule is COc1ccc2[nH]cc(S)c2c1. The maximum Gasteiger partial charge on any atom is 0.119 e. The van der Waals surface area contributed by atoms with Crippen molar-refractivity contribution in [3.05, 3.63) is 24.4 Å². The molecular weight excluding hydrogens is 170 g/mol. The Balaban J connectivity index is 2.71. The van der Waals surface area contributed by atoms with E-state index >= 15 is 0 Å². The van der Waals surface area contributed by atoms with Crippen LogP contribution in [0.15, 0.2) is 29.3 Å². The zero-order chi connectivity index (χ0) is 8.55. The van der Waals surface area contributed by atoms with Crippen LogP contribution in [0.2, 0.25) is 0 Å². The molecule has 0 aliphatic heterocycles. The lowest BCUT2D eigenvalue weighted by Crippen LogP contribution is -1.80. The van der Waals surface area contributed by atoms with Gasteiger partial charge in [-0.3, -0.25) is 0 Å². The highest BCUT2D eigenvalue weighted by Gasteiger charge is 2.00. The van der Waals surface area contributed by atoms with Crippen LogP contribution in [0.3, 0.4) is 0 Å². The quantitative estimate of drug-likeness (QED) is 0.646. The first kappa shape index (κ1) is 7.55. The molecule has 2 aromatic rings. The van der Waals surface area contributed by atoms with E-state index in [0.29, 0.717) is 0 Å².